The van der Waals surface area contributed by atoms with E-state index in [4.69, 9.17) is 47.0 Å². The van der Waals surface area contributed by atoms with Crippen molar-refractivity contribution in [2.24, 2.45) is 0 Å². The van der Waals surface area contributed by atoms with Gasteiger partial charge in [-0.3, -0.25) is 4.68 Å². The summed E-state index contributed by atoms with van der Waals surface area (Å²) < 4.78 is 1.69. The second-order valence-corrected chi connectivity index (χ2v) is 6.86. The Morgan fingerprint density at radius 2 is 1.76 bits per heavy atom. The molecule has 0 saturated carbocycles. The van der Waals surface area contributed by atoms with Crippen molar-refractivity contribution in [1.82, 2.24) is 9.78 Å². The molecule has 0 radical (unpaired) electrons. The number of halogens is 3. The SMILES string of the molecule is S=C(Nc1ccccc1)Nc1nn(Cc2ccc(Cl)cc2Cl)cc1Cl. The largest absolute Gasteiger partial charge is 0.332 e. The molecule has 128 valence electrons. The third-order valence-electron chi connectivity index (χ3n) is 3.33. The van der Waals surface area contributed by atoms with Crippen LogP contribution in [0.15, 0.2) is 54.7 Å². The predicted octanol–water partition coefficient (Wildman–Crippen LogP) is 5.70. The van der Waals surface area contributed by atoms with Gasteiger partial charge >= 0.3 is 0 Å². The minimum atomic E-state index is 0.405. The highest BCUT2D eigenvalue weighted by Gasteiger charge is 2.10. The van der Waals surface area contributed by atoms with E-state index in [1.54, 1.807) is 23.0 Å². The van der Waals surface area contributed by atoms with Crippen LogP contribution in [-0.2, 0) is 6.54 Å². The smallest absolute Gasteiger partial charge is 0.176 e. The van der Waals surface area contributed by atoms with Gasteiger partial charge in [-0.05, 0) is 42.0 Å². The van der Waals surface area contributed by atoms with Gasteiger partial charge in [-0.1, -0.05) is 59.1 Å². The average molecular weight is 412 g/mol. The highest BCUT2D eigenvalue weighted by molar-refractivity contribution is 7.80. The van der Waals surface area contributed by atoms with Crippen LogP contribution in [-0.4, -0.2) is 14.9 Å². The van der Waals surface area contributed by atoms with Gasteiger partial charge in [-0.2, -0.15) is 5.10 Å². The summed E-state index contributed by atoms with van der Waals surface area (Å²) >= 11 is 23.6. The summed E-state index contributed by atoms with van der Waals surface area (Å²) in [5.74, 6) is 0.472. The molecule has 0 amide bonds. The zero-order valence-corrected chi connectivity index (χ0v) is 15.9. The Morgan fingerprint density at radius 3 is 2.48 bits per heavy atom. The van der Waals surface area contributed by atoms with Crippen molar-refractivity contribution in [3.8, 4) is 0 Å². The van der Waals surface area contributed by atoms with Gasteiger partial charge in [0.25, 0.3) is 0 Å². The first kappa shape index (κ1) is 18.0. The molecule has 0 fully saturated rings. The first-order valence-corrected chi connectivity index (χ1v) is 8.85. The lowest BCUT2D eigenvalue weighted by atomic mass is 10.2. The number of hydrogen-bond acceptors (Lipinski definition) is 2. The van der Waals surface area contributed by atoms with Crippen LogP contribution in [0.1, 0.15) is 5.56 Å². The summed E-state index contributed by atoms with van der Waals surface area (Å²) in [6.45, 7) is 0.469. The molecule has 2 aromatic carbocycles. The van der Waals surface area contributed by atoms with Crippen molar-refractivity contribution in [3.05, 3.63) is 75.4 Å². The molecule has 3 aromatic rings. The molecule has 0 aliphatic heterocycles. The summed E-state index contributed by atoms with van der Waals surface area (Å²) in [7, 11) is 0. The summed E-state index contributed by atoms with van der Waals surface area (Å²) in [6, 6.07) is 14.9. The van der Waals surface area contributed by atoms with Crippen molar-refractivity contribution >= 4 is 63.6 Å². The van der Waals surface area contributed by atoms with Crippen molar-refractivity contribution in [1.29, 1.82) is 0 Å². The maximum Gasteiger partial charge on any atom is 0.176 e. The fraction of sp³-hybridized carbons (Fsp3) is 0.0588. The van der Waals surface area contributed by atoms with E-state index in [9.17, 15) is 0 Å². The molecule has 0 aliphatic rings. The molecule has 0 bridgehead atoms. The molecule has 0 saturated heterocycles. The van der Waals surface area contributed by atoms with Gasteiger partial charge < -0.3 is 10.6 Å². The standard InChI is InChI=1S/C17H13Cl3N4S/c18-12-7-6-11(14(19)8-12)9-24-10-15(20)16(23-24)22-17(25)21-13-4-2-1-3-5-13/h1-8,10H,9H2,(H2,21,22,23,25). The quantitative estimate of drug-likeness (QED) is 0.540. The van der Waals surface area contributed by atoms with Crippen LogP contribution in [0.2, 0.25) is 15.1 Å². The summed E-state index contributed by atoms with van der Waals surface area (Å²) in [4.78, 5) is 0. The van der Waals surface area contributed by atoms with Crippen LogP contribution in [0.5, 0.6) is 0 Å². The van der Waals surface area contributed by atoms with E-state index in [2.05, 4.69) is 15.7 Å². The molecule has 0 spiro atoms. The number of benzene rings is 2. The Hall–Kier alpha value is -1.79. The zero-order chi connectivity index (χ0) is 17.8. The topological polar surface area (TPSA) is 41.9 Å². The van der Waals surface area contributed by atoms with Crippen molar-refractivity contribution < 1.29 is 0 Å². The number of hydrogen-bond donors (Lipinski definition) is 2. The Kier molecular flexibility index (Phi) is 5.81. The Bertz CT molecular complexity index is 896. The van der Waals surface area contributed by atoms with E-state index in [0.717, 1.165) is 11.3 Å². The molecule has 3 rings (SSSR count). The van der Waals surface area contributed by atoms with Crippen LogP contribution in [0, 0.1) is 0 Å². The van der Waals surface area contributed by atoms with Gasteiger partial charge in [-0.25, -0.2) is 0 Å². The van der Waals surface area contributed by atoms with E-state index in [0.29, 0.717) is 32.5 Å². The zero-order valence-electron chi connectivity index (χ0n) is 12.8. The fourth-order valence-electron chi connectivity index (χ4n) is 2.18. The second-order valence-electron chi connectivity index (χ2n) is 5.20. The van der Waals surface area contributed by atoms with Crippen molar-refractivity contribution in [2.45, 2.75) is 6.54 Å². The molecule has 8 heteroatoms. The lowest BCUT2D eigenvalue weighted by molar-refractivity contribution is 0.690. The minimum absolute atomic E-state index is 0.405. The normalized spacial score (nSPS) is 10.5. The van der Waals surface area contributed by atoms with Gasteiger partial charge in [0, 0.05) is 21.9 Å². The van der Waals surface area contributed by atoms with Crippen LogP contribution in [0.25, 0.3) is 0 Å². The molecule has 2 N–H and O–H groups in total. The van der Waals surface area contributed by atoms with Crippen LogP contribution >= 0.6 is 47.0 Å². The number of nitrogens with zero attached hydrogens (tertiary/aromatic N) is 2. The highest BCUT2D eigenvalue weighted by Crippen LogP contribution is 2.24. The monoisotopic (exact) mass is 410 g/mol. The summed E-state index contributed by atoms with van der Waals surface area (Å²) in [5, 5.41) is 12.5. The van der Waals surface area contributed by atoms with E-state index in [1.807, 2.05) is 36.4 Å². The van der Waals surface area contributed by atoms with E-state index >= 15 is 0 Å². The lowest BCUT2D eigenvalue weighted by Gasteiger charge is -2.08. The molecule has 0 unspecified atom stereocenters. The summed E-state index contributed by atoms with van der Waals surface area (Å²) in [6.07, 6.45) is 1.71. The first-order chi connectivity index (χ1) is 12.0. The molecular weight excluding hydrogens is 399 g/mol. The number of thiocarbonyl (C=S) groups is 1. The Labute approximate surface area is 165 Å². The third-order valence-corrected chi connectivity index (χ3v) is 4.40. The Balaban J connectivity index is 1.68. The number of nitrogens with one attached hydrogen (secondary N) is 2. The maximum atomic E-state index is 6.24. The Morgan fingerprint density at radius 1 is 1.00 bits per heavy atom. The van der Waals surface area contributed by atoms with Crippen molar-refractivity contribution in [2.75, 3.05) is 10.6 Å². The van der Waals surface area contributed by atoms with Gasteiger partial charge in [0.1, 0.15) is 5.02 Å². The predicted molar refractivity (Wildman–Crippen MR) is 109 cm³/mol. The molecule has 1 aromatic heterocycles. The number of rotatable bonds is 4. The van der Waals surface area contributed by atoms with Crippen LogP contribution < -0.4 is 10.6 Å². The molecule has 0 atom stereocenters. The molecular formula is C17H13Cl3N4S. The molecule has 25 heavy (non-hydrogen) atoms. The fourth-order valence-corrected chi connectivity index (χ4v) is 3.06. The lowest BCUT2D eigenvalue weighted by Crippen LogP contribution is -2.19. The van der Waals surface area contributed by atoms with Gasteiger partial charge in [0.05, 0.1) is 6.54 Å². The van der Waals surface area contributed by atoms with E-state index in [1.165, 1.54) is 0 Å². The number of para-hydroxylation sites is 1. The van der Waals surface area contributed by atoms with Crippen LogP contribution in [0.4, 0.5) is 11.5 Å². The van der Waals surface area contributed by atoms with Crippen LogP contribution in [0.3, 0.4) is 0 Å². The summed E-state index contributed by atoms with van der Waals surface area (Å²) in [5.41, 5.74) is 1.77. The molecule has 0 aliphatic carbocycles. The van der Waals surface area contributed by atoms with E-state index < -0.39 is 0 Å². The maximum absolute atomic E-state index is 6.24. The molecule has 1 heterocycles. The second kappa shape index (κ2) is 8.06. The number of anilines is 2. The third kappa shape index (κ3) is 4.86. The van der Waals surface area contributed by atoms with Gasteiger partial charge in [-0.15, -0.1) is 0 Å². The highest BCUT2D eigenvalue weighted by atomic mass is 35.5. The molecule has 4 nitrogen and oxygen atoms in total. The van der Waals surface area contributed by atoms with Gasteiger partial charge in [0.15, 0.2) is 10.9 Å². The number of aromatic nitrogens is 2. The average Bonchev–Trinajstić information content (AvgIpc) is 2.90. The van der Waals surface area contributed by atoms with Gasteiger partial charge in [0.2, 0.25) is 0 Å². The minimum Gasteiger partial charge on any atom is -0.332 e. The van der Waals surface area contributed by atoms with E-state index in [-0.39, 0.29) is 0 Å². The first-order valence-electron chi connectivity index (χ1n) is 7.31. The van der Waals surface area contributed by atoms with Crippen molar-refractivity contribution in [3.63, 3.8) is 0 Å².